The fraction of sp³-hybridized carbons (Fsp3) is 0.556. The topological polar surface area (TPSA) is 75.2 Å². The molecule has 0 unspecified atom stereocenters. The Balaban J connectivity index is 2.48. The van der Waals surface area contributed by atoms with Gasteiger partial charge in [0.05, 0.1) is 14.2 Å². The summed E-state index contributed by atoms with van der Waals surface area (Å²) in [4.78, 5) is 17.4. The van der Waals surface area contributed by atoms with Gasteiger partial charge in [-0.05, 0) is 37.5 Å². The molecule has 25 heavy (non-hydrogen) atoms. The number of ether oxygens (including phenoxy) is 2. The Kier molecular flexibility index (Phi) is 9.21. The van der Waals surface area contributed by atoms with Gasteiger partial charge in [-0.3, -0.25) is 4.79 Å². The number of methoxy groups -OCH3 is 2. The number of hydrogen-bond donors (Lipinski definition) is 2. The molecule has 7 nitrogen and oxygen atoms in total. The van der Waals surface area contributed by atoms with E-state index in [1.54, 1.807) is 28.3 Å². The van der Waals surface area contributed by atoms with E-state index < -0.39 is 0 Å². The van der Waals surface area contributed by atoms with E-state index in [9.17, 15) is 4.79 Å². The summed E-state index contributed by atoms with van der Waals surface area (Å²) in [5.74, 6) is 2.11. The number of likely N-dealkylation sites (N-methyl/N-ethyl adjacent to an activating group) is 1. The molecule has 1 amide bonds. The number of nitrogens with one attached hydrogen (secondary N) is 2. The van der Waals surface area contributed by atoms with E-state index in [1.165, 1.54) is 10.5 Å². The maximum absolute atomic E-state index is 11.6. The molecule has 1 aromatic carbocycles. The number of hydrogen-bond acceptors (Lipinski definition) is 4. The summed E-state index contributed by atoms with van der Waals surface area (Å²) in [6.07, 6.45) is 1.84. The van der Waals surface area contributed by atoms with Gasteiger partial charge in [-0.25, -0.2) is 4.99 Å². The van der Waals surface area contributed by atoms with Gasteiger partial charge in [0.2, 0.25) is 5.91 Å². The highest BCUT2D eigenvalue weighted by atomic mass is 16.5. The molecule has 1 aromatic rings. The number of aryl methyl sites for hydroxylation is 1. The van der Waals surface area contributed by atoms with Crippen LogP contribution in [0.1, 0.15) is 18.9 Å². The maximum Gasteiger partial charge on any atom is 0.243 e. The predicted molar refractivity (Wildman–Crippen MR) is 101 cm³/mol. The average molecular weight is 350 g/mol. The van der Waals surface area contributed by atoms with Crippen molar-refractivity contribution in [3.63, 3.8) is 0 Å². The Bertz CT molecular complexity index is 573. The van der Waals surface area contributed by atoms with Gasteiger partial charge in [-0.2, -0.15) is 0 Å². The summed E-state index contributed by atoms with van der Waals surface area (Å²) in [6.45, 7) is 3.64. The summed E-state index contributed by atoms with van der Waals surface area (Å²) in [5, 5.41) is 6.39. The minimum atomic E-state index is -0.0254. The first-order chi connectivity index (χ1) is 12.0. The third kappa shape index (κ3) is 7.32. The van der Waals surface area contributed by atoms with E-state index in [1.807, 2.05) is 25.1 Å². The van der Waals surface area contributed by atoms with E-state index >= 15 is 0 Å². The van der Waals surface area contributed by atoms with Crippen LogP contribution in [0.15, 0.2) is 23.2 Å². The number of aliphatic imine (C=N–C) groups is 1. The van der Waals surface area contributed by atoms with Crippen LogP contribution >= 0.6 is 0 Å². The molecule has 7 heteroatoms. The molecule has 0 spiro atoms. The van der Waals surface area contributed by atoms with Crippen molar-refractivity contribution in [2.24, 2.45) is 4.99 Å². The van der Waals surface area contributed by atoms with Crippen LogP contribution in [0.4, 0.5) is 0 Å². The van der Waals surface area contributed by atoms with Crippen molar-refractivity contribution >= 4 is 11.9 Å². The van der Waals surface area contributed by atoms with E-state index in [-0.39, 0.29) is 12.5 Å². The van der Waals surface area contributed by atoms with Crippen LogP contribution in [0, 0.1) is 0 Å². The first kappa shape index (κ1) is 20.6. The Hall–Kier alpha value is -2.44. The van der Waals surface area contributed by atoms with E-state index in [0.29, 0.717) is 5.96 Å². The highest BCUT2D eigenvalue weighted by molar-refractivity contribution is 5.84. The lowest BCUT2D eigenvalue weighted by Crippen LogP contribution is -2.39. The van der Waals surface area contributed by atoms with Gasteiger partial charge in [-0.1, -0.05) is 6.07 Å². The molecule has 0 saturated heterocycles. The van der Waals surface area contributed by atoms with Crippen LogP contribution in [0.5, 0.6) is 11.5 Å². The van der Waals surface area contributed by atoms with Crippen molar-refractivity contribution in [1.82, 2.24) is 15.5 Å². The Morgan fingerprint density at radius 1 is 1.16 bits per heavy atom. The molecule has 0 atom stereocenters. The minimum absolute atomic E-state index is 0.0254. The van der Waals surface area contributed by atoms with Crippen molar-refractivity contribution in [1.29, 1.82) is 0 Å². The lowest BCUT2D eigenvalue weighted by atomic mass is 10.1. The van der Waals surface area contributed by atoms with Crippen molar-refractivity contribution in [2.45, 2.75) is 19.8 Å². The molecule has 140 valence electrons. The highest BCUT2D eigenvalue weighted by Gasteiger charge is 2.06. The summed E-state index contributed by atoms with van der Waals surface area (Å²) in [6, 6.07) is 5.95. The molecule has 0 aliphatic carbocycles. The van der Waals surface area contributed by atoms with Crippen LogP contribution < -0.4 is 20.1 Å². The molecule has 0 bridgehead atoms. The van der Waals surface area contributed by atoms with Gasteiger partial charge in [-0.15, -0.1) is 0 Å². The molecular formula is C18H30N4O3. The maximum atomic E-state index is 11.6. The van der Waals surface area contributed by atoms with Gasteiger partial charge < -0.3 is 25.0 Å². The number of carbonyl (C=O) groups is 1. The molecule has 0 radical (unpaired) electrons. The number of amides is 1. The summed E-state index contributed by atoms with van der Waals surface area (Å²) < 4.78 is 10.6. The molecule has 0 aliphatic heterocycles. The molecule has 0 heterocycles. The SMILES string of the molecule is CCNC(=NCC(=O)N(C)C)NCCCc1ccc(OC)c(OC)c1. The smallest absolute Gasteiger partial charge is 0.243 e. The Labute approximate surface area is 150 Å². The fourth-order valence-corrected chi connectivity index (χ4v) is 2.17. The molecule has 2 N–H and O–H groups in total. The average Bonchev–Trinajstić information content (AvgIpc) is 2.62. The lowest BCUT2D eigenvalue weighted by molar-refractivity contribution is -0.127. The quantitative estimate of drug-likeness (QED) is 0.399. The molecule has 0 aromatic heterocycles. The van der Waals surface area contributed by atoms with Crippen molar-refractivity contribution in [3.05, 3.63) is 23.8 Å². The first-order valence-corrected chi connectivity index (χ1v) is 8.45. The van der Waals surface area contributed by atoms with Crippen LogP contribution in [0.25, 0.3) is 0 Å². The zero-order valence-electron chi connectivity index (χ0n) is 15.9. The van der Waals surface area contributed by atoms with Crippen LogP contribution in [0.3, 0.4) is 0 Å². The molecule has 0 fully saturated rings. The Morgan fingerprint density at radius 2 is 1.88 bits per heavy atom. The number of rotatable bonds is 9. The first-order valence-electron chi connectivity index (χ1n) is 8.45. The number of carbonyl (C=O) groups excluding carboxylic acids is 1. The second kappa shape index (κ2) is 11.2. The third-order valence-electron chi connectivity index (χ3n) is 3.60. The number of nitrogens with zero attached hydrogens (tertiary/aromatic N) is 2. The predicted octanol–water partition coefficient (Wildman–Crippen LogP) is 1.28. The molecular weight excluding hydrogens is 320 g/mol. The molecule has 1 rings (SSSR count). The molecule has 0 saturated carbocycles. The van der Waals surface area contributed by atoms with E-state index in [4.69, 9.17) is 9.47 Å². The van der Waals surface area contributed by atoms with Crippen LogP contribution in [-0.4, -0.2) is 64.7 Å². The third-order valence-corrected chi connectivity index (χ3v) is 3.60. The van der Waals surface area contributed by atoms with Crippen LogP contribution in [-0.2, 0) is 11.2 Å². The highest BCUT2D eigenvalue weighted by Crippen LogP contribution is 2.27. The largest absolute Gasteiger partial charge is 0.493 e. The fourth-order valence-electron chi connectivity index (χ4n) is 2.17. The zero-order valence-corrected chi connectivity index (χ0v) is 15.9. The van der Waals surface area contributed by atoms with Gasteiger partial charge in [0.15, 0.2) is 17.5 Å². The standard InChI is InChI=1S/C18H30N4O3/c1-6-19-18(21-13-17(23)22(2)3)20-11-7-8-14-9-10-15(24-4)16(12-14)25-5/h9-10,12H,6-8,11,13H2,1-5H3,(H2,19,20,21). The van der Waals surface area contributed by atoms with E-state index in [0.717, 1.165) is 37.4 Å². The molecule has 0 aliphatic rings. The normalized spacial score (nSPS) is 11.0. The zero-order chi connectivity index (χ0) is 18.7. The van der Waals surface area contributed by atoms with E-state index in [2.05, 4.69) is 15.6 Å². The van der Waals surface area contributed by atoms with Gasteiger partial charge in [0, 0.05) is 27.2 Å². The lowest BCUT2D eigenvalue weighted by Gasteiger charge is -2.13. The summed E-state index contributed by atoms with van der Waals surface area (Å²) in [5.41, 5.74) is 1.18. The summed E-state index contributed by atoms with van der Waals surface area (Å²) in [7, 11) is 6.71. The Morgan fingerprint density at radius 3 is 2.48 bits per heavy atom. The van der Waals surface area contributed by atoms with Crippen molar-refractivity contribution in [2.75, 3.05) is 47.9 Å². The second-order valence-electron chi connectivity index (χ2n) is 5.70. The summed E-state index contributed by atoms with van der Waals surface area (Å²) >= 11 is 0. The minimum Gasteiger partial charge on any atom is -0.493 e. The van der Waals surface area contributed by atoms with Gasteiger partial charge in [0.25, 0.3) is 0 Å². The van der Waals surface area contributed by atoms with Gasteiger partial charge in [0.1, 0.15) is 6.54 Å². The van der Waals surface area contributed by atoms with Crippen molar-refractivity contribution in [3.8, 4) is 11.5 Å². The number of benzene rings is 1. The second-order valence-corrected chi connectivity index (χ2v) is 5.70. The van der Waals surface area contributed by atoms with Crippen molar-refractivity contribution < 1.29 is 14.3 Å². The number of guanidine groups is 1. The van der Waals surface area contributed by atoms with Crippen LogP contribution in [0.2, 0.25) is 0 Å². The monoisotopic (exact) mass is 350 g/mol. The van der Waals surface area contributed by atoms with Gasteiger partial charge >= 0.3 is 0 Å².